The van der Waals surface area contributed by atoms with Gasteiger partial charge in [-0.05, 0) is 44.9 Å². The van der Waals surface area contributed by atoms with Gasteiger partial charge in [-0.15, -0.1) is 0 Å². The molecule has 2 N–H and O–H groups in total. The van der Waals surface area contributed by atoms with Crippen LogP contribution < -0.4 is 5.32 Å². The van der Waals surface area contributed by atoms with Crippen LogP contribution in [0.5, 0.6) is 0 Å². The Hall–Kier alpha value is -1.39. The predicted octanol–water partition coefficient (Wildman–Crippen LogP) is 2.89. The number of amides is 1. The Balaban J connectivity index is 2.51. The van der Waals surface area contributed by atoms with Crippen molar-refractivity contribution in [1.82, 2.24) is 5.32 Å². The van der Waals surface area contributed by atoms with Crippen molar-refractivity contribution in [3.8, 4) is 0 Å². The Morgan fingerprint density at radius 2 is 1.95 bits per heavy atom. The second-order valence-electron chi connectivity index (χ2n) is 5.99. The lowest BCUT2D eigenvalue weighted by Crippen LogP contribution is -2.40. The van der Waals surface area contributed by atoms with Crippen molar-refractivity contribution >= 4 is 5.91 Å². The number of carbonyl (C=O) groups excluding carboxylic acids is 1. The molecule has 0 radical (unpaired) electrons. The molecule has 0 aliphatic rings. The number of hydrogen-bond donors (Lipinski definition) is 2. The van der Waals surface area contributed by atoms with E-state index in [2.05, 4.69) is 5.32 Å². The lowest BCUT2D eigenvalue weighted by Gasteiger charge is -2.22. The van der Waals surface area contributed by atoms with Crippen LogP contribution >= 0.6 is 0 Å². The fourth-order valence-electron chi connectivity index (χ4n) is 2.01. The van der Waals surface area contributed by atoms with Gasteiger partial charge >= 0.3 is 0 Å². The molecule has 0 bridgehead atoms. The van der Waals surface area contributed by atoms with Crippen molar-refractivity contribution in [1.29, 1.82) is 0 Å². The number of carbonyl (C=O) groups is 1. The predicted molar refractivity (Wildman–Crippen MR) is 84.2 cm³/mol. The van der Waals surface area contributed by atoms with Gasteiger partial charge in [0.1, 0.15) is 0 Å². The fourth-order valence-corrected chi connectivity index (χ4v) is 2.01. The zero-order valence-corrected chi connectivity index (χ0v) is 13.5. The van der Waals surface area contributed by atoms with Gasteiger partial charge in [0.2, 0.25) is 0 Å². The van der Waals surface area contributed by atoms with Crippen LogP contribution in [-0.2, 0) is 11.3 Å². The molecule has 1 unspecified atom stereocenters. The van der Waals surface area contributed by atoms with Crippen molar-refractivity contribution in [3.63, 3.8) is 0 Å². The zero-order valence-electron chi connectivity index (χ0n) is 13.5. The summed E-state index contributed by atoms with van der Waals surface area (Å²) < 4.78 is 5.51. The first-order chi connectivity index (χ1) is 9.84. The first kappa shape index (κ1) is 17.7. The largest absolute Gasteiger partial charge is 0.388 e. The summed E-state index contributed by atoms with van der Waals surface area (Å²) in [4.78, 5) is 12.0. The summed E-state index contributed by atoms with van der Waals surface area (Å²) in [7, 11) is 0. The molecule has 4 nitrogen and oxygen atoms in total. The van der Waals surface area contributed by atoms with E-state index in [1.807, 2.05) is 32.9 Å². The molecule has 0 fully saturated rings. The van der Waals surface area contributed by atoms with E-state index in [0.29, 0.717) is 18.6 Å². The molecule has 0 aliphatic carbocycles. The Labute approximate surface area is 127 Å². The number of ether oxygens (including phenoxy) is 1. The van der Waals surface area contributed by atoms with E-state index in [4.69, 9.17) is 4.74 Å². The molecule has 0 heterocycles. The molecule has 0 spiro atoms. The van der Waals surface area contributed by atoms with Crippen LogP contribution in [0.2, 0.25) is 0 Å². The molecule has 118 valence electrons. The smallest absolute Gasteiger partial charge is 0.251 e. The molecular weight excluding hydrogens is 266 g/mol. The molecule has 21 heavy (non-hydrogen) atoms. The highest BCUT2D eigenvalue weighted by molar-refractivity contribution is 5.94. The van der Waals surface area contributed by atoms with E-state index in [1.54, 1.807) is 19.1 Å². The highest BCUT2D eigenvalue weighted by Crippen LogP contribution is 2.11. The van der Waals surface area contributed by atoms with Crippen LogP contribution in [0.1, 0.15) is 56.5 Å². The lowest BCUT2D eigenvalue weighted by molar-refractivity contribution is 0.0469. The third kappa shape index (κ3) is 6.74. The maximum absolute atomic E-state index is 12.0. The SMILES string of the molecule is CCCC(C)(O)CNC(=O)c1ccc(COC(C)C)cc1. The minimum Gasteiger partial charge on any atom is -0.388 e. The molecule has 1 atom stereocenters. The molecule has 0 aromatic heterocycles. The Bertz CT molecular complexity index is 438. The van der Waals surface area contributed by atoms with E-state index in [-0.39, 0.29) is 18.6 Å². The van der Waals surface area contributed by atoms with E-state index in [1.165, 1.54) is 0 Å². The van der Waals surface area contributed by atoms with Gasteiger partial charge in [0.15, 0.2) is 0 Å². The van der Waals surface area contributed by atoms with Crippen molar-refractivity contribution < 1.29 is 14.6 Å². The summed E-state index contributed by atoms with van der Waals surface area (Å²) in [6, 6.07) is 7.34. The Morgan fingerprint density at radius 1 is 1.33 bits per heavy atom. The van der Waals surface area contributed by atoms with Gasteiger partial charge in [0.05, 0.1) is 18.3 Å². The maximum Gasteiger partial charge on any atom is 0.251 e. The highest BCUT2D eigenvalue weighted by Gasteiger charge is 2.20. The van der Waals surface area contributed by atoms with E-state index in [0.717, 1.165) is 12.0 Å². The summed E-state index contributed by atoms with van der Waals surface area (Å²) in [6.45, 7) is 8.54. The van der Waals surface area contributed by atoms with Crippen molar-refractivity contribution in [3.05, 3.63) is 35.4 Å². The van der Waals surface area contributed by atoms with Gasteiger partial charge in [-0.2, -0.15) is 0 Å². The Morgan fingerprint density at radius 3 is 2.48 bits per heavy atom. The molecule has 4 heteroatoms. The monoisotopic (exact) mass is 293 g/mol. The Kier molecular flexibility index (Phi) is 6.85. The molecule has 1 aromatic carbocycles. The number of hydrogen-bond acceptors (Lipinski definition) is 3. The average Bonchev–Trinajstić information content (AvgIpc) is 2.43. The molecular formula is C17H27NO3. The summed E-state index contributed by atoms with van der Waals surface area (Å²) >= 11 is 0. The van der Waals surface area contributed by atoms with Gasteiger partial charge in [-0.25, -0.2) is 0 Å². The highest BCUT2D eigenvalue weighted by atomic mass is 16.5. The second-order valence-corrected chi connectivity index (χ2v) is 5.99. The average molecular weight is 293 g/mol. The number of nitrogens with one attached hydrogen (secondary N) is 1. The summed E-state index contributed by atoms with van der Waals surface area (Å²) in [5.74, 6) is -0.164. The van der Waals surface area contributed by atoms with Crippen molar-refractivity contribution in [2.24, 2.45) is 0 Å². The van der Waals surface area contributed by atoms with E-state index < -0.39 is 5.60 Å². The first-order valence-corrected chi connectivity index (χ1v) is 7.55. The van der Waals surface area contributed by atoms with Crippen LogP contribution in [0.3, 0.4) is 0 Å². The van der Waals surface area contributed by atoms with Crippen molar-refractivity contribution in [2.45, 2.75) is 58.8 Å². The zero-order chi connectivity index (χ0) is 15.9. The third-order valence-electron chi connectivity index (χ3n) is 3.22. The number of benzene rings is 1. The maximum atomic E-state index is 12.0. The summed E-state index contributed by atoms with van der Waals surface area (Å²) in [5.41, 5.74) is 0.781. The lowest BCUT2D eigenvalue weighted by atomic mass is 10.0. The minimum absolute atomic E-state index is 0.164. The topological polar surface area (TPSA) is 58.6 Å². The van der Waals surface area contributed by atoms with E-state index >= 15 is 0 Å². The number of rotatable bonds is 8. The molecule has 1 rings (SSSR count). The second kappa shape index (κ2) is 8.15. The first-order valence-electron chi connectivity index (χ1n) is 7.55. The van der Waals surface area contributed by atoms with Gasteiger partial charge in [0, 0.05) is 12.1 Å². The standard InChI is InChI=1S/C17H27NO3/c1-5-10-17(4,20)12-18-16(19)15-8-6-14(7-9-15)11-21-13(2)3/h6-9,13,20H,5,10-12H2,1-4H3,(H,18,19). The van der Waals surface area contributed by atoms with Crippen LogP contribution in [0.25, 0.3) is 0 Å². The number of aliphatic hydroxyl groups is 1. The van der Waals surface area contributed by atoms with Gasteiger partial charge in [-0.1, -0.05) is 25.5 Å². The summed E-state index contributed by atoms with van der Waals surface area (Å²) in [6.07, 6.45) is 1.74. The molecule has 0 saturated heterocycles. The summed E-state index contributed by atoms with van der Waals surface area (Å²) in [5, 5.41) is 12.8. The van der Waals surface area contributed by atoms with Gasteiger partial charge < -0.3 is 15.2 Å². The normalized spacial score (nSPS) is 14.0. The molecule has 1 aromatic rings. The van der Waals surface area contributed by atoms with Crippen LogP contribution in [-0.4, -0.2) is 29.3 Å². The molecule has 0 aliphatic heterocycles. The molecule has 0 saturated carbocycles. The quantitative estimate of drug-likeness (QED) is 0.775. The van der Waals surface area contributed by atoms with Crippen LogP contribution in [0.4, 0.5) is 0 Å². The van der Waals surface area contributed by atoms with E-state index in [9.17, 15) is 9.90 Å². The third-order valence-corrected chi connectivity index (χ3v) is 3.22. The van der Waals surface area contributed by atoms with Gasteiger partial charge in [-0.3, -0.25) is 4.79 Å². The minimum atomic E-state index is -0.852. The van der Waals surface area contributed by atoms with Crippen molar-refractivity contribution in [2.75, 3.05) is 6.54 Å². The van der Waals surface area contributed by atoms with Crippen LogP contribution in [0, 0.1) is 0 Å². The fraction of sp³-hybridized carbons (Fsp3) is 0.588. The van der Waals surface area contributed by atoms with Gasteiger partial charge in [0.25, 0.3) is 5.91 Å². The molecule has 1 amide bonds. The van der Waals surface area contributed by atoms with Crippen LogP contribution in [0.15, 0.2) is 24.3 Å².